The zero-order chi connectivity index (χ0) is 13.0. The first kappa shape index (κ1) is 11.8. The highest BCUT2D eigenvalue weighted by Gasteiger charge is 1.98. The fraction of sp³-hybridized carbons (Fsp3) is 0. The van der Waals surface area contributed by atoms with Crippen LogP contribution in [0.3, 0.4) is 0 Å². The van der Waals surface area contributed by atoms with Gasteiger partial charge in [-0.3, -0.25) is 5.43 Å². The summed E-state index contributed by atoms with van der Waals surface area (Å²) in [5.74, 6) is -0.171. The summed E-state index contributed by atoms with van der Waals surface area (Å²) in [6.07, 6.45) is 1.51. The maximum Gasteiger partial charge on any atom is 0.158 e. The molecule has 18 heavy (non-hydrogen) atoms. The van der Waals surface area contributed by atoms with Crippen LogP contribution >= 0.6 is 0 Å². The van der Waals surface area contributed by atoms with E-state index in [-0.39, 0.29) is 17.2 Å². The lowest BCUT2D eigenvalue weighted by Gasteiger charge is -2.00. The van der Waals surface area contributed by atoms with Crippen LogP contribution in [0.25, 0.3) is 0 Å². The molecule has 0 saturated heterocycles. The number of phenolic OH excluding ortho intramolecular Hbond substituents is 3. The number of phenols is 3. The average molecular weight is 244 g/mol. The number of hydrogen-bond donors (Lipinski definition) is 4. The maximum atomic E-state index is 9.29. The zero-order valence-electron chi connectivity index (χ0n) is 9.41. The highest BCUT2D eigenvalue weighted by Crippen LogP contribution is 2.24. The average Bonchev–Trinajstić information content (AvgIpc) is 2.36. The largest absolute Gasteiger partial charge is 0.508 e. The molecule has 2 aromatic carbocycles. The summed E-state index contributed by atoms with van der Waals surface area (Å²) >= 11 is 0. The van der Waals surface area contributed by atoms with Gasteiger partial charge < -0.3 is 15.3 Å². The van der Waals surface area contributed by atoms with Crippen LogP contribution in [0, 0.1) is 0 Å². The Labute approximate surface area is 104 Å². The monoisotopic (exact) mass is 244 g/mol. The standard InChI is InChI=1S/C13H12N2O3/c16-11-4-2-10(3-5-11)15-14-8-9-1-6-12(17)13(18)7-9/h1-8,15-18H. The van der Waals surface area contributed by atoms with Crippen LogP contribution in [0.4, 0.5) is 5.69 Å². The lowest BCUT2D eigenvalue weighted by Crippen LogP contribution is -1.90. The van der Waals surface area contributed by atoms with E-state index >= 15 is 0 Å². The van der Waals surface area contributed by atoms with Crippen LogP contribution in [-0.2, 0) is 0 Å². The van der Waals surface area contributed by atoms with Gasteiger partial charge in [0.1, 0.15) is 5.75 Å². The second-order valence-corrected chi connectivity index (χ2v) is 3.67. The third kappa shape index (κ3) is 2.91. The van der Waals surface area contributed by atoms with E-state index in [1.165, 1.54) is 18.3 Å². The number of nitrogens with zero attached hydrogens (tertiary/aromatic N) is 1. The molecule has 0 atom stereocenters. The number of hydrazone groups is 1. The smallest absolute Gasteiger partial charge is 0.158 e. The van der Waals surface area contributed by atoms with Crippen LogP contribution in [0.1, 0.15) is 5.56 Å². The molecule has 0 saturated carbocycles. The number of anilines is 1. The number of hydrogen-bond acceptors (Lipinski definition) is 5. The molecule has 0 amide bonds. The summed E-state index contributed by atoms with van der Waals surface area (Å²) in [6.45, 7) is 0. The Hall–Kier alpha value is -2.69. The minimum absolute atomic E-state index is 0.168. The van der Waals surface area contributed by atoms with Gasteiger partial charge in [-0.1, -0.05) is 0 Å². The number of aromatic hydroxyl groups is 3. The molecular formula is C13H12N2O3. The predicted molar refractivity (Wildman–Crippen MR) is 69.1 cm³/mol. The first-order chi connectivity index (χ1) is 8.65. The summed E-state index contributed by atoms with van der Waals surface area (Å²) < 4.78 is 0. The van der Waals surface area contributed by atoms with Crippen molar-refractivity contribution in [3.63, 3.8) is 0 Å². The summed E-state index contributed by atoms with van der Waals surface area (Å²) in [5, 5.41) is 31.5. The topological polar surface area (TPSA) is 85.1 Å². The van der Waals surface area contributed by atoms with Crippen LogP contribution in [0.2, 0.25) is 0 Å². The lowest BCUT2D eigenvalue weighted by atomic mass is 10.2. The first-order valence-electron chi connectivity index (χ1n) is 5.25. The number of benzene rings is 2. The van der Waals surface area contributed by atoms with Gasteiger partial charge in [0.15, 0.2) is 11.5 Å². The summed E-state index contributed by atoms with van der Waals surface area (Å²) in [4.78, 5) is 0. The second-order valence-electron chi connectivity index (χ2n) is 3.67. The quantitative estimate of drug-likeness (QED) is 0.289. The van der Waals surface area contributed by atoms with Crippen molar-refractivity contribution in [1.29, 1.82) is 0 Å². The van der Waals surface area contributed by atoms with Crippen LogP contribution in [-0.4, -0.2) is 21.5 Å². The van der Waals surface area contributed by atoms with Crippen molar-refractivity contribution in [3.8, 4) is 17.2 Å². The molecule has 0 spiro atoms. The molecule has 0 aliphatic carbocycles. The van der Waals surface area contributed by atoms with Gasteiger partial charge in [-0.2, -0.15) is 5.10 Å². The van der Waals surface area contributed by atoms with Crippen molar-refractivity contribution >= 4 is 11.9 Å². The van der Waals surface area contributed by atoms with E-state index in [4.69, 9.17) is 10.2 Å². The van der Waals surface area contributed by atoms with Gasteiger partial charge in [0.25, 0.3) is 0 Å². The van der Waals surface area contributed by atoms with Crippen LogP contribution < -0.4 is 5.43 Å². The van der Waals surface area contributed by atoms with Crippen molar-refractivity contribution in [3.05, 3.63) is 48.0 Å². The SMILES string of the molecule is Oc1ccc(NN=Cc2ccc(O)c(O)c2)cc1. The van der Waals surface area contributed by atoms with Crippen molar-refractivity contribution < 1.29 is 15.3 Å². The molecule has 0 aliphatic heterocycles. The Morgan fingerprint density at radius 1 is 0.889 bits per heavy atom. The first-order valence-corrected chi connectivity index (χ1v) is 5.25. The summed E-state index contributed by atoms with van der Waals surface area (Å²) in [5.41, 5.74) is 4.15. The fourth-order valence-corrected chi connectivity index (χ4v) is 1.34. The predicted octanol–water partition coefficient (Wildman–Crippen LogP) is 2.25. The summed E-state index contributed by atoms with van der Waals surface area (Å²) in [6, 6.07) is 10.9. The molecule has 5 nitrogen and oxygen atoms in total. The van der Waals surface area contributed by atoms with E-state index < -0.39 is 0 Å². The number of nitrogens with one attached hydrogen (secondary N) is 1. The highest BCUT2D eigenvalue weighted by molar-refractivity contribution is 5.81. The van der Waals surface area contributed by atoms with E-state index in [2.05, 4.69) is 10.5 Å². The van der Waals surface area contributed by atoms with Crippen molar-refractivity contribution in [2.24, 2.45) is 5.10 Å². The van der Waals surface area contributed by atoms with Gasteiger partial charge in [0.05, 0.1) is 11.9 Å². The molecule has 0 bridgehead atoms. The van der Waals surface area contributed by atoms with Crippen molar-refractivity contribution in [2.45, 2.75) is 0 Å². The van der Waals surface area contributed by atoms with E-state index in [0.29, 0.717) is 5.56 Å². The molecule has 0 aliphatic rings. The molecule has 2 aromatic rings. The van der Waals surface area contributed by atoms with Crippen LogP contribution in [0.15, 0.2) is 47.6 Å². The van der Waals surface area contributed by atoms with E-state index in [1.807, 2.05) is 0 Å². The Morgan fingerprint density at radius 2 is 1.61 bits per heavy atom. The Kier molecular flexibility index (Phi) is 3.33. The van der Waals surface area contributed by atoms with Gasteiger partial charge in [0.2, 0.25) is 0 Å². The Balaban J connectivity index is 2.02. The van der Waals surface area contributed by atoms with Gasteiger partial charge in [0, 0.05) is 0 Å². The van der Waals surface area contributed by atoms with E-state index in [0.717, 1.165) is 5.69 Å². The molecule has 4 N–H and O–H groups in total. The van der Waals surface area contributed by atoms with Crippen molar-refractivity contribution in [2.75, 3.05) is 5.43 Å². The summed E-state index contributed by atoms with van der Waals surface area (Å²) in [7, 11) is 0. The molecule has 0 unspecified atom stereocenters. The molecule has 0 fully saturated rings. The molecule has 92 valence electrons. The van der Waals surface area contributed by atoms with Gasteiger partial charge in [-0.25, -0.2) is 0 Å². The van der Waals surface area contributed by atoms with Gasteiger partial charge >= 0.3 is 0 Å². The number of rotatable bonds is 3. The molecule has 0 aromatic heterocycles. The maximum absolute atomic E-state index is 9.29. The van der Waals surface area contributed by atoms with Gasteiger partial charge in [-0.15, -0.1) is 0 Å². The third-order valence-electron chi connectivity index (χ3n) is 2.27. The second kappa shape index (κ2) is 5.09. The minimum Gasteiger partial charge on any atom is -0.508 e. The third-order valence-corrected chi connectivity index (χ3v) is 2.27. The van der Waals surface area contributed by atoms with Crippen LogP contribution in [0.5, 0.6) is 17.2 Å². The molecule has 0 radical (unpaired) electrons. The molecule has 5 heteroatoms. The minimum atomic E-state index is -0.191. The Morgan fingerprint density at radius 3 is 2.28 bits per heavy atom. The van der Waals surface area contributed by atoms with Crippen molar-refractivity contribution in [1.82, 2.24) is 0 Å². The molecule has 0 heterocycles. The fourth-order valence-electron chi connectivity index (χ4n) is 1.34. The zero-order valence-corrected chi connectivity index (χ0v) is 9.41. The highest BCUT2D eigenvalue weighted by atomic mass is 16.3. The normalized spacial score (nSPS) is 10.7. The van der Waals surface area contributed by atoms with E-state index in [1.54, 1.807) is 30.3 Å². The lowest BCUT2D eigenvalue weighted by molar-refractivity contribution is 0.403. The van der Waals surface area contributed by atoms with E-state index in [9.17, 15) is 5.11 Å². The molecule has 2 rings (SSSR count). The Bertz CT molecular complexity index is 565. The molecular weight excluding hydrogens is 232 g/mol. The van der Waals surface area contributed by atoms with Gasteiger partial charge in [-0.05, 0) is 48.0 Å².